The van der Waals surface area contributed by atoms with Crippen LogP contribution in [-0.4, -0.2) is 18.3 Å². The van der Waals surface area contributed by atoms with Crippen molar-refractivity contribution in [2.45, 2.75) is 13.8 Å². The first-order valence-corrected chi connectivity index (χ1v) is 6.27. The van der Waals surface area contributed by atoms with Gasteiger partial charge in [0.05, 0.1) is 0 Å². The highest BCUT2D eigenvalue weighted by Gasteiger charge is 2.01. The Bertz CT molecular complexity index is 549. The maximum absolute atomic E-state index is 9.30. The zero-order valence-corrected chi connectivity index (χ0v) is 11.2. The number of hydrogen-bond donors (Lipinski definition) is 1. The van der Waals surface area contributed by atoms with Gasteiger partial charge >= 0.3 is 0 Å². The van der Waals surface area contributed by atoms with E-state index in [4.69, 9.17) is 9.47 Å². The molecule has 1 N–H and O–H groups in total. The number of phenolic OH excluding ortho intramolecular Hbond substituents is 1. The highest BCUT2D eigenvalue weighted by atomic mass is 16.5. The molecule has 2 aromatic carbocycles. The second-order valence-corrected chi connectivity index (χ2v) is 4.39. The van der Waals surface area contributed by atoms with Crippen molar-refractivity contribution in [2.24, 2.45) is 0 Å². The zero-order valence-electron chi connectivity index (χ0n) is 11.2. The third-order valence-corrected chi connectivity index (χ3v) is 2.98. The standard InChI is InChI=1S/C16H18O3/c1-12-5-3-8-16(13(12)2)19-10-9-18-15-7-4-6-14(17)11-15/h3-8,11,17H,9-10H2,1-2H3. The number of rotatable bonds is 5. The maximum Gasteiger partial charge on any atom is 0.123 e. The second kappa shape index (κ2) is 6.14. The summed E-state index contributed by atoms with van der Waals surface area (Å²) < 4.78 is 11.2. The molecule has 100 valence electrons. The van der Waals surface area contributed by atoms with Gasteiger partial charge in [0.1, 0.15) is 30.5 Å². The molecule has 0 unspecified atom stereocenters. The summed E-state index contributed by atoms with van der Waals surface area (Å²) in [4.78, 5) is 0. The van der Waals surface area contributed by atoms with Gasteiger partial charge in [0.15, 0.2) is 0 Å². The van der Waals surface area contributed by atoms with Gasteiger partial charge in [-0.3, -0.25) is 0 Å². The van der Waals surface area contributed by atoms with E-state index in [0.29, 0.717) is 19.0 Å². The van der Waals surface area contributed by atoms with Gasteiger partial charge in [-0.2, -0.15) is 0 Å². The topological polar surface area (TPSA) is 38.7 Å². The van der Waals surface area contributed by atoms with Crippen molar-refractivity contribution >= 4 is 0 Å². The molecule has 0 saturated carbocycles. The van der Waals surface area contributed by atoms with Gasteiger partial charge in [-0.25, -0.2) is 0 Å². The molecular weight excluding hydrogens is 240 g/mol. The average Bonchev–Trinajstić information content (AvgIpc) is 2.39. The van der Waals surface area contributed by atoms with Crippen molar-refractivity contribution in [1.29, 1.82) is 0 Å². The Kier molecular flexibility index (Phi) is 4.29. The van der Waals surface area contributed by atoms with Crippen molar-refractivity contribution < 1.29 is 14.6 Å². The van der Waals surface area contributed by atoms with Crippen molar-refractivity contribution in [3.63, 3.8) is 0 Å². The van der Waals surface area contributed by atoms with Crippen LogP contribution in [0.2, 0.25) is 0 Å². The van der Waals surface area contributed by atoms with Gasteiger partial charge in [0, 0.05) is 6.07 Å². The molecule has 0 aliphatic heterocycles. The van der Waals surface area contributed by atoms with E-state index in [-0.39, 0.29) is 5.75 Å². The predicted molar refractivity (Wildman–Crippen MR) is 75.0 cm³/mol. The van der Waals surface area contributed by atoms with Crippen LogP contribution in [0.15, 0.2) is 42.5 Å². The van der Waals surface area contributed by atoms with Gasteiger partial charge in [0.2, 0.25) is 0 Å². The van der Waals surface area contributed by atoms with Gasteiger partial charge < -0.3 is 14.6 Å². The molecule has 2 rings (SSSR count). The number of aryl methyl sites for hydroxylation is 1. The fourth-order valence-corrected chi connectivity index (χ4v) is 1.76. The molecule has 0 aliphatic rings. The Hall–Kier alpha value is -2.16. The number of hydrogen-bond acceptors (Lipinski definition) is 3. The molecular formula is C16H18O3. The van der Waals surface area contributed by atoms with Crippen LogP contribution in [-0.2, 0) is 0 Å². The molecule has 0 heterocycles. The quantitative estimate of drug-likeness (QED) is 0.835. The Morgan fingerprint density at radius 2 is 1.68 bits per heavy atom. The molecule has 0 spiro atoms. The predicted octanol–water partition coefficient (Wildman–Crippen LogP) is 3.47. The summed E-state index contributed by atoms with van der Waals surface area (Å²) in [5.74, 6) is 1.73. The van der Waals surface area contributed by atoms with Crippen LogP contribution in [0.1, 0.15) is 11.1 Å². The summed E-state index contributed by atoms with van der Waals surface area (Å²) in [5, 5.41) is 9.30. The van der Waals surface area contributed by atoms with E-state index in [1.807, 2.05) is 19.1 Å². The van der Waals surface area contributed by atoms with Gasteiger partial charge in [-0.15, -0.1) is 0 Å². The van der Waals surface area contributed by atoms with Crippen LogP contribution in [0, 0.1) is 13.8 Å². The van der Waals surface area contributed by atoms with E-state index in [0.717, 1.165) is 11.3 Å². The minimum absolute atomic E-state index is 0.202. The fourth-order valence-electron chi connectivity index (χ4n) is 1.76. The van der Waals surface area contributed by atoms with Gasteiger partial charge in [-0.05, 0) is 43.2 Å². The lowest BCUT2D eigenvalue weighted by atomic mass is 10.1. The van der Waals surface area contributed by atoms with Gasteiger partial charge in [-0.1, -0.05) is 18.2 Å². The van der Waals surface area contributed by atoms with Crippen molar-refractivity contribution in [3.05, 3.63) is 53.6 Å². The zero-order chi connectivity index (χ0) is 13.7. The molecule has 0 saturated heterocycles. The molecule has 0 fully saturated rings. The summed E-state index contributed by atoms with van der Waals surface area (Å²) >= 11 is 0. The molecule has 3 nitrogen and oxygen atoms in total. The van der Waals surface area contributed by atoms with E-state index in [1.165, 1.54) is 5.56 Å². The molecule has 0 atom stereocenters. The molecule has 0 aliphatic carbocycles. The maximum atomic E-state index is 9.30. The number of benzene rings is 2. The SMILES string of the molecule is Cc1cccc(OCCOc2cccc(O)c2)c1C. The van der Waals surface area contributed by atoms with E-state index < -0.39 is 0 Å². The number of ether oxygens (including phenoxy) is 2. The van der Waals surface area contributed by atoms with E-state index in [2.05, 4.69) is 13.0 Å². The third-order valence-electron chi connectivity index (χ3n) is 2.98. The van der Waals surface area contributed by atoms with E-state index in [1.54, 1.807) is 24.3 Å². The minimum Gasteiger partial charge on any atom is -0.508 e. The Labute approximate surface area is 113 Å². The molecule has 2 aromatic rings. The monoisotopic (exact) mass is 258 g/mol. The number of phenols is 1. The molecule has 0 bridgehead atoms. The summed E-state index contributed by atoms with van der Waals surface area (Å²) in [5.41, 5.74) is 2.37. The molecule has 3 heteroatoms. The number of aromatic hydroxyl groups is 1. The summed E-state index contributed by atoms with van der Waals surface area (Å²) in [6.07, 6.45) is 0. The van der Waals surface area contributed by atoms with Crippen LogP contribution < -0.4 is 9.47 Å². The Morgan fingerprint density at radius 3 is 2.47 bits per heavy atom. The molecule has 19 heavy (non-hydrogen) atoms. The Morgan fingerprint density at radius 1 is 0.947 bits per heavy atom. The second-order valence-electron chi connectivity index (χ2n) is 4.39. The summed E-state index contributed by atoms with van der Waals surface area (Å²) in [7, 11) is 0. The van der Waals surface area contributed by atoms with Crippen molar-refractivity contribution in [3.8, 4) is 17.2 Å². The van der Waals surface area contributed by atoms with Crippen LogP contribution in [0.3, 0.4) is 0 Å². The van der Waals surface area contributed by atoms with E-state index >= 15 is 0 Å². The minimum atomic E-state index is 0.202. The lowest BCUT2D eigenvalue weighted by Gasteiger charge is -2.11. The summed E-state index contributed by atoms with van der Waals surface area (Å²) in [6, 6.07) is 12.7. The first-order chi connectivity index (χ1) is 9.16. The first kappa shape index (κ1) is 13.3. The molecule has 0 amide bonds. The van der Waals surface area contributed by atoms with E-state index in [9.17, 15) is 5.11 Å². The highest BCUT2D eigenvalue weighted by Crippen LogP contribution is 2.21. The van der Waals surface area contributed by atoms with Gasteiger partial charge in [0.25, 0.3) is 0 Å². The normalized spacial score (nSPS) is 10.2. The smallest absolute Gasteiger partial charge is 0.123 e. The average molecular weight is 258 g/mol. The lowest BCUT2D eigenvalue weighted by molar-refractivity contribution is 0.216. The van der Waals surface area contributed by atoms with Crippen LogP contribution in [0.25, 0.3) is 0 Å². The molecule has 0 aromatic heterocycles. The molecule has 0 radical (unpaired) electrons. The van der Waals surface area contributed by atoms with Crippen LogP contribution in [0.4, 0.5) is 0 Å². The first-order valence-electron chi connectivity index (χ1n) is 6.27. The third kappa shape index (κ3) is 3.65. The van der Waals surface area contributed by atoms with Crippen LogP contribution in [0.5, 0.6) is 17.2 Å². The van der Waals surface area contributed by atoms with Crippen molar-refractivity contribution in [2.75, 3.05) is 13.2 Å². The van der Waals surface area contributed by atoms with Crippen molar-refractivity contribution in [1.82, 2.24) is 0 Å². The fraction of sp³-hybridized carbons (Fsp3) is 0.250. The van der Waals surface area contributed by atoms with Crippen LogP contribution >= 0.6 is 0 Å². The highest BCUT2D eigenvalue weighted by molar-refractivity contribution is 5.38. The largest absolute Gasteiger partial charge is 0.508 e. The summed E-state index contributed by atoms with van der Waals surface area (Å²) in [6.45, 7) is 5.02. The Balaban J connectivity index is 1.82. The lowest BCUT2D eigenvalue weighted by Crippen LogP contribution is -2.09.